The van der Waals surface area contributed by atoms with E-state index in [2.05, 4.69) is 17.4 Å². The maximum atomic E-state index is 5.57. The fourth-order valence-electron chi connectivity index (χ4n) is 1.79. The van der Waals surface area contributed by atoms with Gasteiger partial charge in [-0.15, -0.1) is 12.4 Å². The molecule has 0 radical (unpaired) electrons. The van der Waals surface area contributed by atoms with Crippen LogP contribution in [0.25, 0.3) is 0 Å². The molecule has 1 aliphatic rings. The van der Waals surface area contributed by atoms with E-state index in [1.54, 1.807) is 7.11 Å². The van der Waals surface area contributed by atoms with Crippen molar-refractivity contribution in [3.8, 4) is 5.75 Å². The first kappa shape index (κ1) is 13.3. The number of fused-ring (bicyclic) bond motifs is 1. The van der Waals surface area contributed by atoms with Gasteiger partial charge < -0.3 is 14.8 Å². The highest BCUT2D eigenvalue weighted by atomic mass is 35.5. The molecule has 90 valence electrons. The Kier molecular flexibility index (Phi) is 5.60. The lowest BCUT2D eigenvalue weighted by molar-refractivity contribution is 0.146. The van der Waals surface area contributed by atoms with Crippen LogP contribution in [-0.4, -0.2) is 26.9 Å². The molecule has 2 rings (SSSR count). The second kappa shape index (κ2) is 6.74. The SMILES string of the molecule is COCCOc1ccc2c(c1)CCNC2.Cl. The van der Waals surface area contributed by atoms with Gasteiger partial charge in [0.05, 0.1) is 6.61 Å². The van der Waals surface area contributed by atoms with Crippen molar-refractivity contribution in [3.05, 3.63) is 29.3 Å². The molecule has 0 atom stereocenters. The first-order valence-electron chi connectivity index (χ1n) is 5.34. The molecular formula is C12H18ClNO2. The van der Waals surface area contributed by atoms with E-state index < -0.39 is 0 Å². The Balaban J connectivity index is 0.00000128. The molecule has 3 nitrogen and oxygen atoms in total. The van der Waals surface area contributed by atoms with E-state index in [0.717, 1.165) is 25.3 Å². The monoisotopic (exact) mass is 243 g/mol. The van der Waals surface area contributed by atoms with Gasteiger partial charge in [0.25, 0.3) is 0 Å². The van der Waals surface area contributed by atoms with Gasteiger partial charge in [0.1, 0.15) is 12.4 Å². The van der Waals surface area contributed by atoms with Crippen molar-refractivity contribution in [2.45, 2.75) is 13.0 Å². The van der Waals surface area contributed by atoms with Gasteiger partial charge in [-0.05, 0) is 36.2 Å². The molecule has 0 aromatic heterocycles. The fraction of sp³-hybridized carbons (Fsp3) is 0.500. The van der Waals surface area contributed by atoms with Gasteiger partial charge in [-0.25, -0.2) is 0 Å². The summed E-state index contributed by atoms with van der Waals surface area (Å²) in [5.41, 5.74) is 2.80. The van der Waals surface area contributed by atoms with E-state index in [0.29, 0.717) is 13.2 Å². The molecule has 0 saturated heterocycles. The van der Waals surface area contributed by atoms with Gasteiger partial charge in [-0.1, -0.05) is 6.07 Å². The molecule has 0 aliphatic carbocycles. The number of ether oxygens (including phenoxy) is 2. The Morgan fingerprint density at radius 3 is 2.94 bits per heavy atom. The predicted octanol–water partition coefficient (Wildman–Crippen LogP) is 1.78. The van der Waals surface area contributed by atoms with Crippen molar-refractivity contribution in [2.24, 2.45) is 0 Å². The second-order valence-corrected chi connectivity index (χ2v) is 3.70. The summed E-state index contributed by atoms with van der Waals surface area (Å²) in [6, 6.07) is 6.32. The molecule has 1 aromatic rings. The minimum Gasteiger partial charge on any atom is -0.491 e. The molecule has 0 spiro atoms. The number of hydrogen-bond donors (Lipinski definition) is 1. The summed E-state index contributed by atoms with van der Waals surface area (Å²) < 4.78 is 10.5. The lowest BCUT2D eigenvalue weighted by Crippen LogP contribution is -2.23. The zero-order valence-corrected chi connectivity index (χ0v) is 10.3. The maximum Gasteiger partial charge on any atom is 0.119 e. The van der Waals surface area contributed by atoms with Crippen LogP contribution in [0.1, 0.15) is 11.1 Å². The molecule has 1 aromatic carbocycles. The number of halogens is 1. The van der Waals surface area contributed by atoms with Crippen LogP contribution in [0.15, 0.2) is 18.2 Å². The zero-order valence-electron chi connectivity index (χ0n) is 9.49. The van der Waals surface area contributed by atoms with Crippen LogP contribution < -0.4 is 10.1 Å². The summed E-state index contributed by atoms with van der Waals surface area (Å²) in [5.74, 6) is 0.952. The first-order valence-corrected chi connectivity index (χ1v) is 5.34. The van der Waals surface area contributed by atoms with E-state index in [-0.39, 0.29) is 12.4 Å². The van der Waals surface area contributed by atoms with Crippen molar-refractivity contribution < 1.29 is 9.47 Å². The van der Waals surface area contributed by atoms with E-state index in [1.165, 1.54) is 11.1 Å². The summed E-state index contributed by atoms with van der Waals surface area (Å²) in [7, 11) is 1.68. The number of nitrogens with one attached hydrogen (secondary N) is 1. The van der Waals surface area contributed by atoms with Gasteiger partial charge in [0.15, 0.2) is 0 Å². The van der Waals surface area contributed by atoms with E-state index in [1.807, 2.05) is 6.07 Å². The highest BCUT2D eigenvalue weighted by Gasteiger charge is 2.08. The smallest absolute Gasteiger partial charge is 0.119 e. The van der Waals surface area contributed by atoms with Crippen LogP contribution >= 0.6 is 12.4 Å². The highest BCUT2D eigenvalue weighted by molar-refractivity contribution is 5.85. The Labute approximate surface area is 103 Å². The minimum absolute atomic E-state index is 0. The maximum absolute atomic E-state index is 5.57. The van der Waals surface area contributed by atoms with Crippen LogP contribution in [0.4, 0.5) is 0 Å². The molecule has 1 heterocycles. The predicted molar refractivity (Wildman–Crippen MR) is 66.5 cm³/mol. The summed E-state index contributed by atoms with van der Waals surface area (Å²) in [4.78, 5) is 0. The molecule has 4 heteroatoms. The largest absolute Gasteiger partial charge is 0.491 e. The zero-order chi connectivity index (χ0) is 10.5. The third kappa shape index (κ3) is 3.37. The van der Waals surface area contributed by atoms with Gasteiger partial charge in [0.2, 0.25) is 0 Å². The molecule has 16 heavy (non-hydrogen) atoms. The number of benzene rings is 1. The second-order valence-electron chi connectivity index (χ2n) is 3.70. The van der Waals surface area contributed by atoms with Crippen molar-refractivity contribution in [2.75, 3.05) is 26.9 Å². The molecule has 0 amide bonds. The lowest BCUT2D eigenvalue weighted by Gasteiger charge is -2.17. The summed E-state index contributed by atoms with van der Waals surface area (Å²) in [5, 5.41) is 3.35. The Morgan fingerprint density at radius 1 is 1.25 bits per heavy atom. The number of rotatable bonds is 4. The molecular weight excluding hydrogens is 226 g/mol. The third-order valence-corrected chi connectivity index (χ3v) is 2.62. The first-order chi connectivity index (χ1) is 7.40. The van der Waals surface area contributed by atoms with Crippen LogP contribution in [0.2, 0.25) is 0 Å². The van der Waals surface area contributed by atoms with Gasteiger partial charge >= 0.3 is 0 Å². The summed E-state index contributed by atoms with van der Waals surface area (Å²) in [6.45, 7) is 3.30. The van der Waals surface area contributed by atoms with Crippen LogP contribution in [-0.2, 0) is 17.7 Å². The van der Waals surface area contributed by atoms with Gasteiger partial charge in [-0.2, -0.15) is 0 Å². The Morgan fingerprint density at radius 2 is 2.12 bits per heavy atom. The molecule has 1 aliphatic heterocycles. The quantitative estimate of drug-likeness (QED) is 0.818. The van der Waals surface area contributed by atoms with Crippen LogP contribution in [0.5, 0.6) is 5.75 Å². The number of hydrogen-bond acceptors (Lipinski definition) is 3. The molecule has 0 unspecified atom stereocenters. The average molecular weight is 244 g/mol. The van der Waals surface area contributed by atoms with E-state index in [4.69, 9.17) is 9.47 Å². The van der Waals surface area contributed by atoms with Gasteiger partial charge in [-0.3, -0.25) is 0 Å². The average Bonchev–Trinajstić information content (AvgIpc) is 2.29. The topological polar surface area (TPSA) is 30.5 Å². The van der Waals surface area contributed by atoms with Crippen LogP contribution in [0.3, 0.4) is 0 Å². The highest BCUT2D eigenvalue weighted by Crippen LogP contribution is 2.20. The molecule has 0 bridgehead atoms. The summed E-state index contributed by atoms with van der Waals surface area (Å²) >= 11 is 0. The number of methoxy groups -OCH3 is 1. The van der Waals surface area contributed by atoms with Crippen molar-refractivity contribution in [3.63, 3.8) is 0 Å². The molecule has 0 fully saturated rings. The fourth-order valence-corrected chi connectivity index (χ4v) is 1.79. The van der Waals surface area contributed by atoms with Crippen molar-refractivity contribution in [1.82, 2.24) is 5.32 Å². The van der Waals surface area contributed by atoms with Crippen molar-refractivity contribution in [1.29, 1.82) is 0 Å². The molecule has 0 saturated carbocycles. The minimum atomic E-state index is 0. The van der Waals surface area contributed by atoms with E-state index >= 15 is 0 Å². The van der Waals surface area contributed by atoms with E-state index in [9.17, 15) is 0 Å². The van der Waals surface area contributed by atoms with Crippen molar-refractivity contribution >= 4 is 12.4 Å². The Bertz CT molecular complexity index is 331. The summed E-state index contributed by atoms with van der Waals surface area (Å²) in [6.07, 6.45) is 1.09. The molecule has 1 N–H and O–H groups in total. The standard InChI is InChI=1S/C12H17NO2.ClH/c1-14-6-7-15-12-3-2-11-9-13-5-4-10(11)8-12;/h2-3,8,13H,4-7,9H2,1H3;1H. The van der Waals surface area contributed by atoms with Gasteiger partial charge in [0, 0.05) is 13.7 Å². The Hall–Kier alpha value is -0.770. The lowest BCUT2D eigenvalue weighted by atomic mass is 10.0. The third-order valence-electron chi connectivity index (χ3n) is 2.62. The van der Waals surface area contributed by atoms with Crippen LogP contribution in [0, 0.1) is 0 Å². The normalized spacial score (nSPS) is 13.8.